The summed E-state index contributed by atoms with van der Waals surface area (Å²) in [5.74, 6) is -0.950. The number of nitrogens with zero attached hydrogens (tertiary/aromatic N) is 1. The minimum Gasteiger partial charge on any atom is -0.493 e. The lowest BCUT2D eigenvalue weighted by Gasteiger charge is -2.28. The van der Waals surface area contributed by atoms with Gasteiger partial charge in [0.15, 0.2) is 0 Å². The van der Waals surface area contributed by atoms with Crippen LogP contribution < -0.4 is 9.47 Å². The van der Waals surface area contributed by atoms with E-state index in [4.69, 9.17) is 14.7 Å². The van der Waals surface area contributed by atoms with Crippen molar-refractivity contribution in [3.63, 3.8) is 0 Å². The van der Waals surface area contributed by atoms with Gasteiger partial charge in [-0.05, 0) is 48.9 Å². The van der Waals surface area contributed by atoms with E-state index in [1.54, 1.807) is 12.1 Å². The molecule has 4 nitrogen and oxygen atoms in total. The molecule has 0 aromatic heterocycles. The minimum atomic E-state index is -0.944. The second-order valence-electron chi connectivity index (χ2n) is 8.83. The number of carbonyl (C=O) groups excluding carboxylic acids is 1. The molecule has 0 atom stereocenters. The maximum atomic E-state index is 14.5. The molecule has 3 rings (SSSR count). The third-order valence-corrected chi connectivity index (χ3v) is 6.35. The van der Waals surface area contributed by atoms with Crippen LogP contribution in [0.15, 0.2) is 36.4 Å². The van der Waals surface area contributed by atoms with Gasteiger partial charge in [0.2, 0.25) is 0 Å². The first-order valence-corrected chi connectivity index (χ1v) is 11.8. The summed E-state index contributed by atoms with van der Waals surface area (Å²) in [4.78, 5) is 12.3. The van der Waals surface area contributed by atoms with Gasteiger partial charge < -0.3 is 9.47 Å². The van der Waals surface area contributed by atoms with Crippen molar-refractivity contribution in [3.8, 4) is 17.6 Å². The summed E-state index contributed by atoms with van der Waals surface area (Å²) < 4.78 is 39.0. The number of ether oxygens (including phenoxy) is 2. The van der Waals surface area contributed by atoms with Crippen LogP contribution in [-0.2, 0) is 0 Å². The van der Waals surface area contributed by atoms with Crippen molar-refractivity contribution < 1.29 is 23.0 Å². The van der Waals surface area contributed by atoms with E-state index >= 15 is 0 Å². The topological polar surface area (TPSA) is 59.3 Å². The third kappa shape index (κ3) is 7.28. The van der Waals surface area contributed by atoms with E-state index in [2.05, 4.69) is 6.92 Å². The van der Waals surface area contributed by atoms with Crippen LogP contribution >= 0.6 is 0 Å². The Morgan fingerprint density at radius 3 is 2.33 bits per heavy atom. The molecule has 1 aliphatic carbocycles. The highest BCUT2D eigenvalue weighted by molar-refractivity contribution is 5.91. The first-order chi connectivity index (χ1) is 16.0. The van der Waals surface area contributed by atoms with Crippen LogP contribution in [0.4, 0.5) is 8.78 Å². The molecule has 1 fully saturated rings. The number of carbonyl (C=O) groups is 1. The van der Waals surface area contributed by atoms with E-state index in [0.29, 0.717) is 18.3 Å². The number of hydrogen-bond acceptors (Lipinski definition) is 4. The molecule has 0 unspecified atom stereocenters. The van der Waals surface area contributed by atoms with Gasteiger partial charge in [-0.3, -0.25) is 0 Å². The normalized spacial score (nSPS) is 17.9. The molecule has 6 heteroatoms. The molecule has 33 heavy (non-hydrogen) atoms. The van der Waals surface area contributed by atoms with E-state index in [0.717, 1.165) is 24.8 Å². The highest BCUT2D eigenvalue weighted by Gasteiger charge is 2.22. The average molecular weight is 456 g/mol. The standard InChI is InChI=1S/C27H31F2NO3/c1-2-3-4-5-6-19-7-9-20(10-8-19)18-32-22-13-14-24(26(29)15-22)27(31)33-23-12-11-21(17-30)25(28)16-23/h11-16,19-20H,2-10,18H2,1H3. The lowest BCUT2D eigenvalue weighted by molar-refractivity contribution is 0.0729. The second-order valence-corrected chi connectivity index (χ2v) is 8.83. The molecule has 0 amide bonds. The Morgan fingerprint density at radius 1 is 0.970 bits per heavy atom. The van der Waals surface area contributed by atoms with Crippen LogP contribution in [0.5, 0.6) is 11.5 Å². The highest BCUT2D eigenvalue weighted by atomic mass is 19.1. The average Bonchev–Trinajstić information content (AvgIpc) is 2.81. The fraction of sp³-hybridized carbons (Fsp3) is 0.481. The molecule has 0 N–H and O–H groups in total. The summed E-state index contributed by atoms with van der Waals surface area (Å²) in [5.41, 5.74) is -0.432. The Balaban J connectivity index is 1.46. The molecule has 0 saturated heterocycles. The van der Waals surface area contributed by atoms with Crippen LogP contribution in [0, 0.1) is 34.8 Å². The van der Waals surface area contributed by atoms with Gasteiger partial charge in [-0.15, -0.1) is 0 Å². The van der Waals surface area contributed by atoms with Gasteiger partial charge in [-0.25, -0.2) is 13.6 Å². The van der Waals surface area contributed by atoms with Crippen molar-refractivity contribution in [1.29, 1.82) is 5.26 Å². The predicted octanol–water partition coefficient (Wildman–Crippen LogP) is 7.21. The van der Waals surface area contributed by atoms with E-state index in [9.17, 15) is 13.6 Å². The zero-order valence-corrected chi connectivity index (χ0v) is 19.1. The second kappa shape index (κ2) is 12.3. The molecule has 2 aromatic carbocycles. The predicted molar refractivity (Wildman–Crippen MR) is 122 cm³/mol. The van der Waals surface area contributed by atoms with Crippen LogP contribution in [0.1, 0.15) is 80.6 Å². The Labute approximate surface area is 194 Å². The molecular weight excluding hydrogens is 424 g/mol. The van der Waals surface area contributed by atoms with Gasteiger partial charge in [0.1, 0.15) is 29.2 Å². The van der Waals surface area contributed by atoms with Crippen molar-refractivity contribution in [2.45, 2.75) is 64.7 Å². The number of hydrogen-bond donors (Lipinski definition) is 0. The van der Waals surface area contributed by atoms with E-state index in [-0.39, 0.29) is 16.9 Å². The van der Waals surface area contributed by atoms with Gasteiger partial charge in [-0.2, -0.15) is 5.26 Å². The molecule has 1 saturated carbocycles. The lowest BCUT2D eigenvalue weighted by Crippen LogP contribution is -2.20. The van der Waals surface area contributed by atoms with Gasteiger partial charge in [-0.1, -0.05) is 51.9 Å². The summed E-state index contributed by atoms with van der Waals surface area (Å²) >= 11 is 0. The van der Waals surface area contributed by atoms with Crippen LogP contribution in [-0.4, -0.2) is 12.6 Å². The van der Waals surface area contributed by atoms with Gasteiger partial charge in [0, 0.05) is 12.1 Å². The smallest absolute Gasteiger partial charge is 0.346 e. The highest BCUT2D eigenvalue weighted by Crippen LogP contribution is 2.32. The van der Waals surface area contributed by atoms with Crippen LogP contribution in [0.2, 0.25) is 0 Å². The monoisotopic (exact) mass is 455 g/mol. The molecule has 0 heterocycles. The Kier molecular flexibility index (Phi) is 9.24. The zero-order chi connectivity index (χ0) is 23.6. The summed E-state index contributed by atoms with van der Waals surface area (Å²) in [6, 6.07) is 9.11. The first kappa shape index (κ1) is 24.7. The molecular formula is C27H31F2NO3. The molecule has 1 aliphatic rings. The molecule has 2 aromatic rings. The van der Waals surface area contributed by atoms with E-state index in [1.807, 2.05) is 0 Å². The Hall–Kier alpha value is -2.94. The van der Waals surface area contributed by atoms with Crippen molar-refractivity contribution >= 4 is 5.97 Å². The maximum Gasteiger partial charge on any atom is 0.346 e. The van der Waals surface area contributed by atoms with Crippen molar-refractivity contribution in [2.75, 3.05) is 6.61 Å². The van der Waals surface area contributed by atoms with Crippen molar-refractivity contribution in [3.05, 3.63) is 59.2 Å². The number of nitriles is 1. The van der Waals surface area contributed by atoms with Gasteiger partial charge in [0.25, 0.3) is 0 Å². The molecule has 0 radical (unpaired) electrons. The van der Waals surface area contributed by atoms with Gasteiger partial charge in [0.05, 0.1) is 17.7 Å². The molecule has 0 spiro atoms. The molecule has 176 valence electrons. The summed E-state index contributed by atoms with van der Waals surface area (Å²) in [5, 5.41) is 8.76. The van der Waals surface area contributed by atoms with Gasteiger partial charge >= 0.3 is 5.97 Å². The SMILES string of the molecule is CCCCCCC1CCC(COc2ccc(C(=O)Oc3ccc(C#N)c(F)c3)c(F)c2)CC1. The van der Waals surface area contributed by atoms with E-state index < -0.39 is 17.6 Å². The van der Waals surface area contributed by atoms with Crippen LogP contribution in [0.25, 0.3) is 0 Å². The van der Waals surface area contributed by atoms with Crippen molar-refractivity contribution in [2.24, 2.45) is 11.8 Å². The Morgan fingerprint density at radius 2 is 1.67 bits per heavy atom. The minimum absolute atomic E-state index is 0.0998. The quantitative estimate of drug-likeness (QED) is 0.216. The fourth-order valence-corrected chi connectivity index (χ4v) is 4.32. The summed E-state index contributed by atoms with van der Waals surface area (Å²) in [7, 11) is 0. The maximum absolute atomic E-state index is 14.5. The number of halogens is 2. The molecule has 0 aliphatic heterocycles. The Bertz CT molecular complexity index is 978. The van der Waals surface area contributed by atoms with Crippen LogP contribution in [0.3, 0.4) is 0 Å². The number of rotatable bonds is 10. The first-order valence-electron chi connectivity index (χ1n) is 11.8. The number of unbranched alkanes of at least 4 members (excludes halogenated alkanes) is 3. The number of benzene rings is 2. The fourth-order valence-electron chi connectivity index (χ4n) is 4.32. The zero-order valence-electron chi connectivity index (χ0n) is 19.1. The summed E-state index contributed by atoms with van der Waals surface area (Å²) in [6.45, 7) is 2.77. The molecule has 0 bridgehead atoms. The largest absolute Gasteiger partial charge is 0.493 e. The third-order valence-electron chi connectivity index (χ3n) is 6.35. The lowest BCUT2D eigenvalue weighted by atomic mass is 9.80. The van der Waals surface area contributed by atoms with E-state index in [1.165, 1.54) is 69.2 Å². The van der Waals surface area contributed by atoms with Crippen molar-refractivity contribution in [1.82, 2.24) is 0 Å². The number of esters is 1. The summed E-state index contributed by atoms with van der Waals surface area (Å²) in [6.07, 6.45) is 11.3.